The predicted octanol–water partition coefficient (Wildman–Crippen LogP) is 4.74. The van der Waals surface area contributed by atoms with Crippen LogP contribution in [0.5, 0.6) is 11.5 Å². The van der Waals surface area contributed by atoms with Crippen LogP contribution in [-0.2, 0) is 14.3 Å². The quantitative estimate of drug-likeness (QED) is 0.383. The first-order valence-corrected chi connectivity index (χ1v) is 13.0. The molecule has 0 amide bonds. The molecule has 0 bridgehead atoms. The van der Waals surface area contributed by atoms with Crippen molar-refractivity contribution < 1.29 is 28.1 Å². The van der Waals surface area contributed by atoms with Crippen molar-refractivity contribution in [3.05, 3.63) is 47.5 Å². The van der Waals surface area contributed by atoms with Crippen molar-refractivity contribution in [3.8, 4) is 11.5 Å². The fourth-order valence-electron chi connectivity index (χ4n) is 4.65. The van der Waals surface area contributed by atoms with Gasteiger partial charge in [0.15, 0.2) is 11.5 Å². The lowest BCUT2D eigenvalue weighted by atomic mass is 10.1. The summed E-state index contributed by atoms with van der Waals surface area (Å²) in [6.45, 7) is 6.64. The molecule has 0 saturated carbocycles. The zero-order chi connectivity index (χ0) is 26.7. The average molecular weight is 545 g/mol. The van der Waals surface area contributed by atoms with Gasteiger partial charge < -0.3 is 24.3 Å². The first kappa shape index (κ1) is 26.4. The van der Waals surface area contributed by atoms with Crippen LogP contribution in [0.25, 0.3) is 10.9 Å². The van der Waals surface area contributed by atoms with Crippen LogP contribution in [0.4, 0.5) is 15.9 Å². The second-order valence-corrected chi connectivity index (χ2v) is 10.4. The van der Waals surface area contributed by atoms with Crippen LogP contribution in [0.2, 0.25) is 5.02 Å². The van der Waals surface area contributed by atoms with E-state index in [0.717, 1.165) is 19.4 Å². The minimum Gasteiger partial charge on any atom is -0.488 e. The molecule has 1 N–H and O–H groups in total. The van der Waals surface area contributed by atoms with Gasteiger partial charge in [0.1, 0.15) is 36.8 Å². The Bertz CT molecular complexity index is 1320. The SMILES string of the molecule is CC1(C)CN(CCOc2cc3ncnc(Nc4ccc(F)c(Cl)c4)c3cc2OC[C@@H]2CCCO2)CC(=O)O1. The van der Waals surface area contributed by atoms with Gasteiger partial charge in [-0.2, -0.15) is 0 Å². The Morgan fingerprint density at radius 2 is 2.05 bits per heavy atom. The van der Waals surface area contributed by atoms with Crippen LogP contribution in [-0.4, -0.2) is 72.0 Å². The molecule has 0 radical (unpaired) electrons. The molecule has 1 aromatic heterocycles. The van der Waals surface area contributed by atoms with Gasteiger partial charge in [-0.25, -0.2) is 14.4 Å². The molecule has 3 aromatic rings. The predicted molar refractivity (Wildman–Crippen MR) is 141 cm³/mol. The van der Waals surface area contributed by atoms with E-state index in [1.54, 1.807) is 12.1 Å². The van der Waals surface area contributed by atoms with E-state index < -0.39 is 11.4 Å². The average Bonchev–Trinajstić information content (AvgIpc) is 3.38. The fraction of sp³-hybridized carbons (Fsp3) is 0.444. The van der Waals surface area contributed by atoms with E-state index in [1.165, 1.54) is 18.5 Å². The lowest BCUT2D eigenvalue weighted by molar-refractivity contribution is -0.169. The summed E-state index contributed by atoms with van der Waals surface area (Å²) in [5, 5.41) is 3.89. The van der Waals surface area contributed by atoms with Crippen molar-refractivity contribution in [2.45, 2.75) is 38.4 Å². The molecular weight excluding hydrogens is 515 g/mol. The van der Waals surface area contributed by atoms with E-state index in [0.29, 0.717) is 60.2 Å². The number of nitrogens with zero attached hydrogens (tertiary/aromatic N) is 3. The number of carbonyl (C=O) groups excluding carboxylic acids is 1. The molecule has 2 aliphatic rings. The molecule has 2 aliphatic heterocycles. The summed E-state index contributed by atoms with van der Waals surface area (Å²) in [6.07, 6.45) is 3.40. The molecule has 0 spiro atoms. The van der Waals surface area contributed by atoms with Crippen LogP contribution in [0, 0.1) is 5.82 Å². The summed E-state index contributed by atoms with van der Waals surface area (Å²) in [6, 6.07) is 8.00. The van der Waals surface area contributed by atoms with E-state index in [4.69, 9.17) is 30.5 Å². The van der Waals surface area contributed by atoms with Gasteiger partial charge in [0.05, 0.1) is 23.2 Å². The molecular formula is C27H30ClFN4O5. The van der Waals surface area contributed by atoms with Crippen LogP contribution in [0.15, 0.2) is 36.7 Å². The molecule has 38 heavy (non-hydrogen) atoms. The van der Waals surface area contributed by atoms with Gasteiger partial charge in [0.25, 0.3) is 0 Å². The fourth-order valence-corrected chi connectivity index (χ4v) is 4.83. The second kappa shape index (κ2) is 11.3. The Balaban J connectivity index is 1.37. The van der Waals surface area contributed by atoms with Crippen molar-refractivity contribution in [1.29, 1.82) is 0 Å². The maximum absolute atomic E-state index is 13.6. The summed E-state index contributed by atoms with van der Waals surface area (Å²) in [4.78, 5) is 22.7. The highest BCUT2D eigenvalue weighted by Gasteiger charge is 2.32. The molecule has 1 atom stereocenters. The monoisotopic (exact) mass is 544 g/mol. The standard InChI is InChI=1S/C27H30ClFN4O5/c1-27(2)15-33(13-25(34)38-27)7-9-36-24-12-22-19(11-23(24)37-14-18-4-3-8-35-18)26(31-16-30-22)32-17-5-6-21(29)20(28)10-17/h5-6,10-12,16,18H,3-4,7-9,13-15H2,1-2H3,(H,30,31,32)/t18-/m0/s1. The third kappa shape index (κ3) is 6.43. The van der Waals surface area contributed by atoms with Crippen molar-refractivity contribution in [2.75, 3.05) is 44.8 Å². The Kier molecular flexibility index (Phi) is 7.83. The lowest BCUT2D eigenvalue weighted by Gasteiger charge is -2.37. The third-order valence-electron chi connectivity index (χ3n) is 6.34. The molecule has 0 unspecified atom stereocenters. The molecule has 5 rings (SSSR count). The minimum atomic E-state index is -0.539. The van der Waals surface area contributed by atoms with Crippen molar-refractivity contribution in [3.63, 3.8) is 0 Å². The summed E-state index contributed by atoms with van der Waals surface area (Å²) in [5.41, 5.74) is 0.683. The van der Waals surface area contributed by atoms with Crippen molar-refractivity contribution in [2.24, 2.45) is 0 Å². The van der Waals surface area contributed by atoms with Gasteiger partial charge in [-0.3, -0.25) is 9.69 Å². The Hall–Kier alpha value is -3.21. The summed E-state index contributed by atoms with van der Waals surface area (Å²) in [5.74, 6) is 0.832. The number of rotatable bonds is 9. The van der Waals surface area contributed by atoms with Crippen molar-refractivity contribution >= 4 is 40.0 Å². The topological polar surface area (TPSA) is 95.0 Å². The molecule has 0 aliphatic carbocycles. The van der Waals surface area contributed by atoms with E-state index in [9.17, 15) is 9.18 Å². The molecule has 202 valence electrons. The molecule has 11 heteroatoms. The number of halogens is 2. The zero-order valence-corrected chi connectivity index (χ0v) is 22.1. The maximum atomic E-state index is 13.6. The number of benzene rings is 2. The zero-order valence-electron chi connectivity index (χ0n) is 21.3. The first-order chi connectivity index (χ1) is 18.3. The van der Waals surface area contributed by atoms with Crippen LogP contribution in [0.3, 0.4) is 0 Å². The summed E-state index contributed by atoms with van der Waals surface area (Å²) < 4.78 is 37.1. The molecule has 2 aromatic carbocycles. The molecule has 3 heterocycles. The van der Waals surface area contributed by atoms with Gasteiger partial charge in [0, 0.05) is 36.8 Å². The van der Waals surface area contributed by atoms with Crippen molar-refractivity contribution in [1.82, 2.24) is 14.9 Å². The summed E-state index contributed by atoms with van der Waals surface area (Å²) in [7, 11) is 0. The normalized spacial score (nSPS) is 19.4. The van der Waals surface area contributed by atoms with Crippen LogP contribution in [0.1, 0.15) is 26.7 Å². The minimum absolute atomic E-state index is 0.00925. The summed E-state index contributed by atoms with van der Waals surface area (Å²) >= 11 is 5.95. The number of hydrogen-bond donors (Lipinski definition) is 1. The van der Waals surface area contributed by atoms with Crippen LogP contribution < -0.4 is 14.8 Å². The Morgan fingerprint density at radius 1 is 1.21 bits per heavy atom. The highest BCUT2D eigenvalue weighted by molar-refractivity contribution is 6.31. The highest BCUT2D eigenvalue weighted by atomic mass is 35.5. The first-order valence-electron chi connectivity index (χ1n) is 12.6. The van der Waals surface area contributed by atoms with Crippen LogP contribution >= 0.6 is 11.6 Å². The number of morpholine rings is 1. The Labute approximate surface area is 225 Å². The highest BCUT2D eigenvalue weighted by Crippen LogP contribution is 2.36. The molecule has 9 nitrogen and oxygen atoms in total. The maximum Gasteiger partial charge on any atom is 0.320 e. The number of ether oxygens (including phenoxy) is 4. The number of fused-ring (bicyclic) bond motifs is 1. The third-order valence-corrected chi connectivity index (χ3v) is 6.63. The number of esters is 1. The number of anilines is 2. The lowest BCUT2D eigenvalue weighted by Crippen LogP contribution is -2.51. The van der Waals surface area contributed by atoms with Gasteiger partial charge in [-0.05, 0) is 51.0 Å². The number of hydrogen-bond acceptors (Lipinski definition) is 9. The number of aromatic nitrogens is 2. The smallest absolute Gasteiger partial charge is 0.320 e. The van der Waals surface area contributed by atoms with E-state index in [1.807, 2.05) is 24.8 Å². The number of carbonyl (C=O) groups is 1. The largest absolute Gasteiger partial charge is 0.488 e. The molecule has 2 fully saturated rings. The van der Waals surface area contributed by atoms with Gasteiger partial charge >= 0.3 is 5.97 Å². The van der Waals surface area contributed by atoms with Gasteiger partial charge in [-0.15, -0.1) is 0 Å². The van der Waals surface area contributed by atoms with Gasteiger partial charge in [0.2, 0.25) is 0 Å². The Morgan fingerprint density at radius 3 is 2.82 bits per heavy atom. The van der Waals surface area contributed by atoms with Gasteiger partial charge in [-0.1, -0.05) is 11.6 Å². The molecule has 2 saturated heterocycles. The number of nitrogens with one attached hydrogen (secondary N) is 1. The second-order valence-electron chi connectivity index (χ2n) is 10.0. The van der Waals surface area contributed by atoms with E-state index in [2.05, 4.69) is 15.3 Å². The number of cyclic esters (lactones) is 1. The van der Waals surface area contributed by atoms with E-state index in [-0.39, 0.29) is 23.6 Å². The van der Waals surface area contributed by atoms with E-state index >= 15 is 0 Å².